The summed E-state index contributed by atoms with van der Waals surface area (Å²) >= 11 is 10.0. The smallest absolute Gasteiger partial charge is 0.196 e. The summed E-state index contributed by atoms with van der Waals surface area (Å²) in [6, 6.07) is 20.8. The lowest BCUT2D eigenvalue weighted by molar-refractivity contribution is -0.890. The minimum Gasteiger partial charge on any atom is -0.398 e. The highest BCUT2D eigenvalue weighted by atomic mass is 79.9. The molecule has 0 saturated heterocycles. The van der Waals surface area contributed by atoms with Gasteiger partial charge in [-0.25, -0.2) is 0 Å². The van der Waals surface area contributed by atoms with Crippen molar-refractivity contribution in [3.63, 3.8) is 0 Å². The lowest BCUT2D eigenvalue weighted by atomic mass is 9.82. The number of nitrogens with one attached hydrogen (secondary N) is 2. The monoisotopic (exact) mass is 983 g/mol. The first-order chi connectivity index (χ1) is 27.3. The van der Waals surface area contributed by atoms with Gasteiger partial charge in [0, 0.05) is 86.9 Å². The predicted molar refractivity (Wildman–Crippen MR) is 252 cm³/mol. The second-order valence-electron chi connectivity index (χ2n) is 14.8. The fourth-order valence-corrected chi connectivity index (χ4v) is 8.35. The quantitative estimate of drug-likeness (QED) is 0.0343. The van der Waals surface area contributed by atoms with E-state index >= 15 is 0 Å². The van der Waals surface area contributed by atoms with E-state index in [9.17, 15) is 19.2 Å². The lowest BCUT2D eigenvalue weighted by Gasteiger charge is -2.30. The Hall–Kier alpha value is -3.88. The Balaban J connectivity index is 0.000000276. The van der Waals surface area contributed by atoms with E-state index in [4.69, 9.17) is 11.5 Å². The van der Waals surface area contributed by atoms with Crippen LogP contribution in [0.3, 0.4) is 0 Å². The predicted octanol–water partition coefficient (Wildman–Crippen LogP) is 8.92. The van der Waals surface area contributed by atoms with Gasteiger partial charge in [0.1, 0.15) is 0 Å². The average Bonchev–Trinajstić information content (AvgIpc) is 3.20. The maximum Gasteiger partial charge on any atom is 0.196 e. The molecule has 0 bridgehead atoms. The number of carbonyl (C=O) groups excluding carboxylic acids is 4. The Labute approximate surface area is 369 Å². The van der Waals surface area contributed by atoms with Crippen LogP contribution in [0.25, 0.3) is 0 Å². The molecular formula is C45H58Br3N6O4+. The van der Waals surface area contributed by atoms with Crippen LogP contribution in [-0.2, 0) is 0 Å². The number of fused-ring (bicyclic) bond motifs is 4. The number of ketones is 4. The van der Waals surface area contributed by atoms with Crippen molar-refractivity contribution in [1.29, 1.82) is 0 Å². The first-order valence-corrected chi connectivity index (χ1v) is 22.5. The van der Waals surface area contributed by atoms with Gasteiger partial charge >= 0.3 is 0 Å². The molecule has 0 radical (unpaired) electrons. The largest absolute Gasteiger partial charge is 0.398 e. The SMILES string of the molecule is BrCCCBr.C.CN(C)CCCNc1ccc(N)c2c1C(=O)c1ccccc1C2=O.C[N+](C)(CCCBr)CCCNc1ccc(N)c2c1C(=O)c1ccccc1C2=O. The molecule has 4 aromatic rings. The highest BCUT2D eigenvalue weighted by molar-refractivity contribution is 9.09. The van der Waals surface area contributed by atoms with Gasteiger partial charge in [-0.2, -0.15) is 0 Å². The lowest BCUT2D eigenvalue weighted by Crippen LogP contribution is -2.42. The molecule has 4 aromatic carbocycles. The van der Waals surface area contributed by atoms with Gasteiger partial charge < -0.3 is 31.5 Å². The van der Waals surface area contributed by atoms with E-state index in [0.717, 1.165) is 72.5 Å². The van der Waals surface area contributed by atoms with Crippen molar-refractivity contribution in [2.75, 3.05) is 99.0 Å². The molecule has 6 rings (SSSR count). The Morgan fingerprint density at radius 1 is 0.534 bits per heavy atom. The first kappa shape index (κ1) is 48.5. The fraction of sp³-hybridized carbons (Fsp3) is 0.378. The maximum absolute atomic E-state index is 13.1. The molecule has 0 atom stereocenters. The zero-order valence-electron chi connectivity index (χ0n) is 33.2. The number of alkyl halides is 3. The third-order valence-electron chi connectivity index (χ3n) is 9.73. The zero-order valence-corrected chi connectivity index (χ0v) is 38.0. The summed E-state index contributed by atoms with van der Waals surface area (Å²) in [6.45, 7) is 4.55. The van der Waals surface area contributed by atoms with E-state index in [0.29, 0.717) is 67.3 Å². The van der Waals surface area contributed by atoms with Crippen molar-refractivity contribution >= 4 is 93.7 Å². The van der Waals surface area contributed by atoms with Crippen LogP contribution in [0.1, 0.15) is 96.8 Å². The molecule has 58 heavy (non-hydrogen) atoms. The number of hydrogen-bond acceptors (Lipinski definition) is 9. The number of benzene rings is 4. The van der Waals surface area contributed by atoms with Crippen molar-refractivity contribution in [3.05, 3.63) is 117 Å². The Kier molecular flexibility index (Phi) is 19.3. The number of nitrogens with zero attached hydrogens (tertiary/aromatic N) is 2. The fourth-order valence-electron chi connectivity index (χ4n) is 6.79. The molecular weight excluding hydrogens is 928 g/mol. The summed E-state index contributed by atoms with van der Waals surface area (Å²) in [7, 11) is 8.49. The molecule has 0 heterocycles. The van der Waals surface area contributed by atoms with Gasteiger partial charge in [-0.15, -0.1) is 0 Å². The number of rotatable bonds is 15. The molecule has 10 nitrogen and oxygen atoms in total. The second-order valence-corrected chi connectivity index (χ2v) is 17.2. The minimum atomic E-state index is -0.186. The van der Waals surface area contributed by atoms with Crippen LogP contribution in [0.2, 0.25) is 0 Å². The minimum absolute atomic E-state index is 0. The molecule has 2 aliphatic carbocycles. The third kappa shape index (κ3) is 12.1. The van der Waals surface area contributed by atoms with Crippen LogP contribution in [-0.4, -0.2) is 109 Å². The van der Waals surface area contributed by atoms with Crippen LogP contribution in [0.5, 0.6) is 0 Å². The number of hydrogen-bond donors (Lipinski definition) is 4. The normalized spacial score (nSPS) is 12.5. The summed E-state index contributed by atoms with van der Waals surface area (Å²) in [5, 5.41) is 9.88. The van der Waals surface area contributed by atoms with Crippen molar-refractivity contribution in [1.82, 2.24) is 4.90 Å². The number of nitrogens with two attached hydrogens (primary N) is 2. The van der Waals surface area contributed by atoms with Gasteiger partial charge in [0.15, 0.2) is 23.1 Å². The molecule has 0 aromatic heterocycles. The van der Waals surface area contributed by atoms with Crippen molar-refractivity contribution in [3.8, 4) is 0 Å². The van der Waals surface area contributed by atoms with Gasteiger partial charge in [0.2, 0.25) is 0 Å². The molecule has 0 saturated carbocycles. The van der Waals surface area contributed by atoms with E-state index < -0.39 is 0 Å². The molecule has 6 N–H and O–H groups in total. The molecule has 0 amide bonds. The van der Waals surface area contributed by atoms with Gasteiger partial charge in [-0.3, -0.25) is 19.2 Å². The average molecular weight is 987 g/mol. The van der Waals surface area contributed by atoms with Crippen LogP contribution in [0.4, 0.5) is 22.7 Å². The number of nitrogen functional groups attached to an aromatic ring is 2. The highest BCUT2D eigenvalue weighted by Crippen LogP contribution is 2.36. The van der Waals surface area contributed by atoms with Crippen LogP contribution in [0, 0.1) is 0 Å². The van der Waals surface area contributed by atoms with Gasteiger partial charge in [-0.05, 0) is 57.7 Å². The number of anilines is 4. The Morgan fingerprint density at radius 3 is 1.26 bits per heavy atom. The number of halogens is 3. The second kappa shape index (κ2) is 23.1. The van der Waals surface area contributed by atoms with Crippen LogP contribution in [0.15, 0.2) is 72.8 Å². The molecule has 0 spiro atoms. The highest BCUT2D eigenvalue weighted by Gasteiger charge is 2.34. The summed E-state index contributed by atoms with van der Waals surface area (Å²) in [6.07, 6.45) is 4.26. The van der Waals surface area contributed by atoms with Crippen molar-refractivity contribution in [2.24, 2.45) is 0 Å². The summed E-state index contributed by atoms with van der Waals surface area (Å²) < 4.78 is 0.956. The summed E-state index contributed by atoms with van der Waals surface area (Å²) in [5.74, 6) is -0.662. The molecule has 2 aliphatic rings. The van der Waals surface area contributed by atoms with E-state index in [1.54, 1.807) is 72.8 Å². The van der Waals surface area contributed by atoms with Crippen molar-refractivity contribution in [2.45, 2.75) is 33.1 Å². The third-order valence-corrected chi connectivity index (χ3v) is 11.4. The molecule has 0 aliphatic heterocycles. The van der Waals surface area contributed by atoms with Crippen LogP contribution >= 0.6 is 47.8 Å². The maximum atomic E-state index is 13.1. The Bertz CT molecular complexity index is 2070. The van der Waals surface area contributed by atoms with Crippen LogP contribution < -0.4 is 22.1 Å². The van der Waals surface area contributed by atoms with Gasteiger partial charge in [0.25, 0.3) is 0 Å². The van der Waals surface area contributed by atoms with Crippen molar-refractivity contribution < 1.29 is 23.7 Å². The standard InChI is InChI=1S/C22H26BrN3O2.C19H21N3O2.C3H6Br2.CH4/c1-26(2,13-5-11-23)14-6-12-25-18-10-9-17(24)19-20(18)22(28)16-8-4-3-7-15(16)21(19)27;1-22(2)11-5-10-21-15-9-8-14(20)16-17(15)19(24)13-7-4-3-6-12(13)18(16)23;4-2-1-3-5;/h3-4,7-10H,5-6,11-14H2,1-2H3,(H2-,24,25,27,28);3-4,6-9,21H,5,10-11,20H2,1-2H3;1-3H2;1H4/p+1. The Morgan fingerprint density at radius 2 is 0.897 bits per heavy atom. The first-order valence-electron chi connectivity index (χ1n) is 19.1. The summed E-state index contributed by atoms with van der Waals surface area (Å²) in [4.78, 5) is 53.8. The number of quaternary nitrogens is 1. The van der Waals surface area contributed by atoms with E-state index in [1.807, 2.05) is 14.1 Å². The number of carbonyl (C=O) groups is 4. The van der Waals surface area contributed by atoms with E-state index in [1.165, 1.54) is 6.42 Å². The zero-order chi connectivity index (χ0) is 41.7. The van der Waals surface area contributed by atoms with Gasteiger partial charge in [-0.1, -0.05) is 104 Å². The molecule has 13 heteroatoms. The molecule has 312 valence electrons. The summed E-state index contributed by atoms with van der Waals surface area (Å²) in [5.41, 5.74) is 17.3. The topological polar surface area (TPSA) is 148 Å². The molecule has 0 unspecified atom stereocenters. The van der Waals surface area contributed by atoms with Gasteiger partial charge in [0.05, 0.1) is 49.4 Å². The molecule has 0 fully saturated rings. The van der Waals surface area contributed by atoms with E-state index in [2.05, 4.69) is 77.4 Å². The van der Waals surface area contributed by atoms with E-state index in [-0.39, 0.29) is 30.6 Å².